The summed E-state index contributed by atoms with van der Waals surface area (Å²) in [6, 6.07) is 12.1. The van der Waals surface area contributed by atoms with Crippen LogP contribution in [-0.2, 0) is 11.2 Å². The third kappa shape index (κ3) is 2.29. The van der Waals surface area contributed by atoms with E-state index in [-0.39, 0.29) is 12.5 Å². The van der Waals surface area contributed by atoms with Crippen LogP contribution >= 0.6 is 0 Å². The lowest BCUT2D eigenvalue weighted by Gasteiger charge is -2.24. The number of rotatable bonds is 2. The predicted molar refractivity (Wildman–Crippen MR) is 72.4 cm³/mol. The standard InChI is InChI=1S/C15H14N2O2/c1-17-14(18)10-19-13-8-12(9-16-15(13)17)7-11-5-3-2-4-6-11/h2-6,8-9H,7,10H2,1H3. The lowest BCUT2D eigenvalue weighted by atomic mass is 10.1. The minimum atomic E-state index is -0.0733. The molecule has 1 aromatic carbocycles. The van der Waals surface area contributed by atoms with Crippen molar-refractivity contribution in [2.45, 2.75) is 6.42 Å². The maximum absolute atomic E-state index is 11.5. The molecular weight excluding hydrogens is 240 g/mol. The molecule has 2 heterocycles. The van der Waals surface area contributed by atoms with E-state index in [0.717, 1.165) is 12.0 Å². The van der Waals surface area contributed by atoms with Crippen LogP contribution in [0.25, 0.3) is 0 Å². The fraction of sp³-hybridized carbons (Fsp3) is 0.200. The summed E-state index contributed by atoms with van der Waals surface area (Å²) in [5.74, 6) is 1.19. The molecule has 0 radical (unpaired) electrons. The van der Waals surface area contributed by atoms with Crippen molar-refractivity contribution in [3.05, 3.63) is 53.7 Å². The van der Waals surface area contributed by atoms with Crippen LogP contribution in [-0.4, -0.2) is 24.5 Å². The molecule has 0 unspecified atom stereocenters. The van der Waals surface area contributed by atoms with Gasteiger partial charge in [-0.05, 0) is 23.6 Å². The number of aromatic nitrogens is 1. The van der Waals surface area contributed by atoms with E-state index < -0.39 is 0 Å². The predicted octanol–water partition coefficient (Wildman–Crippen LogP) is 2.03. The van der Waals surface area contributed by atoms with Crippen molar-refractivity contribution in [2.24, 2.45) is 0 Å². The summed E-state index contributed by atoms with van der Waals surface area (Å²) >= 11 is 0. The van der Waals surface area contributed by atoms with Gasteiger partial charge in [0.25, 0.3) is 5.91 Å². The van der Waals surface area contributed by atoms with Crippen LogP contribution in [0, 0.1) is 0 Å². The van der Waals surface area contributed by atoms with Gasteiger partial charge in [-0.2, -0.15) is 0 Å². The minimum Gasteiger partial charge on any atom is -0.480 e. The molecule has 0 atom stereocenters. The van der Waals surface area contributed by atoms with Gasteiger partial charge in [0.15, 0.2) is 18.2 Å². The largest absolute Gasteiger partial charge is 0.480 e. The Bertz CT molecular complexity index is 611. The Morgan fingerprint density at radius 3 is 2.84 bits per heavy atom. The second-order valence-electron chi connectivity index (χ2n) is 4.57. The molecule has 0 bridgehead atoms. The molecule has 0 saturated carbocycles. The zero-order valence-corrected chi connectivity index (χ0v) is 10.7. The number of hydrogen-bond acceptors (Lipinski definition) is 3. The van der Waals surface area contributed by atoms with Gasteiger partial charge >= 0.3 is 0 Å². The van der Waals surface area contributed by atoms with Gasteiger partial charge < -0.3 is 4.74 Å². The van der Waals surface area contributed by atoms with E-state index >= 15 is 0 Å². The molecule has 1 aliphatic heterocycles. The van der Waals surface area contributed by atoms with Crippen LogP contribution in [0.2, 0.25) is 0 Å². The van der Waals surface area contributed by atoms with Crippen molar-refractivity contribution >= 4 is 11.7 Å². The average molecular weight is 254 g/mol. The van der Waals surface area contributed by atoms with Crippen molar-refractivity contribution in [2.75, 3.05) is 18.6 Å². The van der Waals surface area contributed by atoms with E-state index in [4.69, 9.17) is 4.74 Å². The molecule has 0 spiro atoms. The number of likely N-dealkylation sites (N-methyl/N-ethyl adjacent to an activating group) is 1. The van der Waals surface area contributed by atoms with E-state index in [1.165, 1.54) is 10.5 Å². The maximum atomic E-state index is 11.5. The molecule has 0 aliphatic carbocycles. The van der Waals surface area contributed by atoms with E-state index in [1.54, 1.807) is 13.2 Å². The maximum Gasteiger partial charge on any atom is 0.265 e. The van der Waals surface area contributed by atoms with Gasteiger partial charge in [-0.15, -0.1) is 0 Å². The Kier molecular flexibility index (Phi) is 2.91. The molecule has 4 nitrogen and oxygen atoms in total. The summed E-state index contributed by atoms with van der Waals surface area (Å²) in [4.78, 5) is 17.4. The number of benzene rings is 1. The Morgan fingerprint density at radius 2 is 2.05 bits per heavy atom. The molecule has 0 N–H and O–H groups in total. The van der Waals surface area contributed by atoms with Gasteiger partial charge in [-0.1, -0.05) is 30.3 Å². The van der Waals surface area contributed by atoms with Gasteiger partial charge in [0.05, 0.1) is 0 Å². The van der Waals surface area contributed by atoms with Gasteiger partial charge in [0.1, 0.15) is 0 Å². The summed E-state index contributed by atoms with van der Waals surface area (Å²) in [6.45, 7) is 0.0833. The quantitative estimate of drug-likeness (QED) is 0.823. The lowest BCUT2D eigenvalue weighted by molar-refractivity contribution is -0.121. The second-order valence-corrected chi connectivity index (χ2v) is 4.57. The van der Waals surface area contributed by atoms with Crippen LogP contribution in [0.5, 0.6) is 5.75 Å². The van der Waals surface area contributed by atoms with Gasteiger partial charge in [-0.3, -0.25) is 9.69 Å². The highest BCUT2D eigenvalue weighted by molar-refractivity contribution is 5.96. The number of carbonyl (C=O) groups is 1. The highest BCUT2D eigenvalue weighted by atomic mass is 16.5. The van der Waals surface area contributed by atoms with Crippen molar-refractivity contribution in [1.29, 1.82) is 0 Å². The first-order valence-corrected chi connectivity index (χ1v) is 6.16. The highest BCUT2D eigenvalue weighted by Crippen LogP contribution is 2.29. The number of anilines is 1. The van der Waals surface area contributed by atoms with Gasteiger partial charge in [-0.25, -0.2) is 4.98 Å². The molecule has 0 fully saturated rings. The molecular formula is C15H14N2O2. The summed E-state index contributed by atoms with van der Waals surface area (Å²) < 4.78 is 5.43. The Balaban J connectivity index is 1.88. The molecule has 1 aliphatic rings. The fourth-order valence-electron chi connectivity index (χ4n) is 2.12. The number of ether oxygens (including phenoxy) is 1. The topological polar surface area (TPSA) is 42.4 Å². The van der Waals surface area contributed by atoms with Crippen molar-refractivity contribution < 1.29 is 9.53 Å². The molecule has 96 valence electrons. The van der Waals surface area contributed by atoms with E-state index in [0.29, 0.717) is 11.6 Å². The number of amides is 1. The molecule has 1 amide bonds. The first-order chi connectivity index (χ1) is 9.24. The first-order valence-electron chi connectivity index (χ1n) is 6.16. The molecule has 4 heteroatoms. The minimum absolute atomic E-state index is 0.0733. The average Bonchev–Trinajstić information content (AvgIpc) is 2.44. The summed E-state index contributed by atoms with van der Waals surface area (Å²) in [5, 5.41) is 0. The fourth-order valence-corrected chi connectivity index (χ4v) is 2.12. The van der Waals surface area contributed by atoms with E-state index in [2.05, 4.69) is 17.1 Å². The van der Waals surface area contributed by atoms with Crippen LogP contribution in [0.3, 0.4) is 0 Å². The number of carbonyl (C=O) groups excluding carboxylic acids is 1. The molecule has 3 rings (SSSR count). The molecule has 1 aromatic heterocycles. The van der Waals surface area contributed by atoms with Crippen LogP contribution < -0.4 is 9.64 Å². The lowest BCUT2D eigenvalue weighted by Crippen LogP contribution is -2.36. The Morgan fingerprint density at radius 1 is 1.26 bits per heavy atom. The Labute approximate surface area is 111 Å². The van der Waals surface area contributed by atoms with Crippen LogP contribution in [0.15, 0.2) is 42.6 Å². The number of nitrogens with zero attached hydrogens (tertiary/aromatic N) is 2. The molecule has 0 saturated heterocycles. The second kappa shape index (κ2) is 4.72. The SMILES string of the molecule is CN1C(=O)COc2cc(Cc3ccccc3)cnc21. The van der Waals surface area contributed by atoms with Crippen LogP contribution in [0.4, 0.5) is 5.82 Å². The summed E-state index contributed by atoms with van der Waals surface area (Å²) in [5.41, 5.74) is 2.30. The number of hydrogen-bond donors (Lipinski definition) is 0. The summed E-state index contributed by atoms with van der Waals surface area (Å²) in [6.07, 6.45) is 2.60. The zero-order chi connectivity index (χ0) is 13.2. The third-order valence-electron chi connectivity index (χ3n) is 3.18. The normalized spacial score (nSPS) is 13.9. The monoisotopic (exact) mass is 254 g/mol. The first kappa shape index (κ1) is 11.7. The Hall–Kier alpha value is -2.36. The molecule has 2 aromatic rings. The van der Waals surface area contributed by atoms with Crippen molar-refractivity contribution in [3.8, 4) is 5.75 Å². The van der Waals surface area contributed by atoms with Gasteiger partial charge in [0, 0.05) is 13.2 Å². The van der Waals surface area contributed by atoms with Crippen molar-refractivity contribution in [1.82, 2.24) is 4.98 Å². The number of fused-ring (bicyclic) bond motifs is 1. The third-order valence-corrected chi connectivity index (χ3v) is 3.18. The van der Waals surface area contributed by atoms with Gasteiger partial charge in [0.2, 0.25) is 0 Å². The van der Waals surface area contributed by atoms with Crippen LogP contribution in [0.1, 0.15) is 11.1 Å². The summed E-state index contributed by atoms with van der Waals surface area (Å²) in [7, 11) is 1.72. The highest BCUT2D eigenvalue weighted by Gasteiger charge is 2.23. The molecule has 19 heavy (non-hydrogen) atoms. The number of pyridine rings is 1. The van der Waals surface area contributed by atoms with E-state index in [9.17, 15) is 4.79 Å². The zero-order valence-electron chi connectivity index (χ0n) is 10.7. The van der Waals surface area contributed by atoms with Crippen molar-refractivity contribution in [3.63, 3.8) is 0 Å². The van der Waals surface area contributed by atoms with E-state index in [1.807, 2.05) is 24.3 Å². The smallest absolute Gasteiger partial charge is 0.265 e.